The van der Waals surface area contributed by atoms with Crippen LogP contribution in [0.2, 0.25) is 0 Å². The maximum absolute atomic E-state index is 12.6. The lowest BCUT2D eigenvalue weighted by atomic mass is 10.1. The lowest BCUT2D eigenvalue weighted by Gasteiger charge is -2.12. The monoisotopic (exact) mass is 506 g/mol. The van der Waals surface area contributed by atoms with Crippen LogP contribution in [0.5, 0.6) is 0 Å². The van der Waals surface area contributed by atoms with E-state index in [1.54, 1.807) is 18.5 Å². The van der Waals surface area contributed by atoms with E-state index in [1.165, 1.54) is 16.5 Å². The fourth-order valence-corrected chi connectivity index (χ4v) is 5.49. The van der Waals surface area contributed by atoms with Gasteiger partial charge in [0.2, 0.25) is 16.0 Å². The van der Waals surface area contributed by atoms with Crippen molar-refractivity contribution in [3.63, 3.8) is 0 Å². The molecule has 1 aliphatic carbocycles. The molecule has 11 heteroatoms. The van der Waals surface area contributed by atoms with Gasteiger partial charge in [0.05, 0.1) is 6.26 Å². The molecule has 0 spiro atoms. The summed E-state index contributed by atoms with van der Waals surface area (Å²) in [6, 6.07) is 16.0. The van der Waals surface area contributed by atoms with Crippen molar-refractivity contribution < 1.29 is 13.2 Å². The molecule has 35 heavy (non-hydrogen) atoms. The number of carbonyl (C=O) groups is 1. The van der Waals surface area contributed by atoms with Crippen molar-refractivity contribution in [2.45, 2.75) is 18.9 Å². The molecular weight excluding hydrogens is 484 g/mol. The minimum Gasteiger partial charge on any atom is -0.351 e. The zero-order valence-corrected chi connectivity index (χ0v) is 20.4. The van der Waals surface area contributed by atoms with E-state index in [-0.39, 0.29) is 16.9 Å². The molecule has 0 aliphatic heterocycles. The van der Waals surface area contributed by atoms with Crippen molar-refractivity contribution >= 4 is 44.0 Å². The minimum atomic E-state index is -3.46. The topological polar surface area (TPSA) is 126 Å². The van der Waals surface area contributed by atoms with Gasteiger partial charge in [-0.1, -0.05) is 36.4 Å². The summed E-state index contributed by atoms with van der Waals surface area (Å²) in [5, 5.41) is 7.83. The van der Waals surface area contributed by atoms with Crippen LogP contribution < -0.4 is 15.4 Å². The zero-order chi connectivity index (χ0) is 24.4. The number of hydrogen-bond donors (Lipinski definition) is 3. The molecule has 0 bridgehead atoms. The molecule has 0 saturated carbocycles. The highest BCUT2D eigenvalue weighted by molar-refractivity contribution is 7.92. The summed E-state index contributed by atoms with van der Waals surface area (Å²) in [5.41, 5.74) is 5.08. The first kappa shape index (κ1) is 22.9. The summed E-state index contributed by atoms with van der Waals surface area (Å²) in [4.78, 5) is 25.5. The Morgan fingerprint density at radius 2 is 1.71 bits per heavy atom. The Balaban J connectivity index is 1.23. The Labute approximate surface area is 206 Å². The predicted octanol–water partition coefficient (Wildman–Crippen LogP) is 3.80. The second-order valence-corrected chi connectivity index (χ2v) is 10.9. The molecule has 1 aliphatic rings. The molecule has 0 unspecified atom stereocenters. The molecule has 0 saturated heterocycles. The molecule has 0 atom stereocenters. The molecule has 2 aromatic carbocycles. The molecule has 3 N–H and O–H groups in total. The van der Waals surface area contributed by atoms with E-state index >= 15 is 0 Å². The van der Waals surface area contributed by atoms with Crippen molar-refractivity contribution in [3.05, 3.63) is 83.1 Å². The third-order valence-electron chi connectivity index (χ3n) is 5.50. The van der Waals surface area contributed by atoms with Crippen LogP contribution in [0.3, 0.4) is 0 Å². The Kier molecular flexibility index (Phi) is 6.18. The van der Waals surface area contributed by atoms with Crippen molar-refractivity contribution in [2.24, 2.45) is 0 Å². The van der Waals surface area contributed by atoms with E-state index in [0.29, 0.717) is 11.6 Å². The molecule has 1 amide bonds. The minimum absolute atomic E-state index is 0.124. The highest BCUT2D eigenvalue weighted by atomic mass is 32.2. The predicted molar refractivity (Wildman–Crippen MR) is 137 cm³/mol. The average Bonchev–Trinajstić information content (AvgIpc) is 3.45. The lowest BCUT2D eigenvalue weighted by Crippen LogP contribution is -2.20. The van der Waals surface area contributed by atoms with Gasteiger partial charge in [0, 0.05) is 35.1 Å². The third kappa shape index (κ3) is 5.64. The molecular formula is C24H22N6O3S2. The van der Waals surface area contributed by atoms with Crippen molar-refractivity contribution in [2.75, 3.05) is 21.6 Å². The van der Waals surface area contributed by atoms with Crippen LogP contribution in [0, 0.1) is 0 Å². The first-order valence-electron chi connectivity index (χ1n) is 10.8. The second kappa shape index (κ2) is 9.43. The Hall–Kier alpha value is -3.83. The molecule has 0 radical (unpaired) electrons. The summed E-state index contributed by atoms with van der Waals surface area (Å²) in [6.07, 6.45) is 6.44. The summed E-state index contributed by atoms with van der Waals surface area (Å²) >= 11 is 1.04. The van der Waals surface area contributed by atoms with Gasteiger partial charge in [-0.25, -0.2) is 23.4 Å². The molecule has 9 nitrogen and oxygen atoms in total. The van der Waals surface area contributed by atoms with Crippen molar-refractivity contribution in [3.8, 4) is 11.1 Å². The summed E-state index contributed by atoms with van der Waals surface area (Å²) < 4.78 is 24.9. The Morgan fingerprint density at radius 1 is 1.00 bits per heavy atom. The molecule has 4 aromatic rings. The van der Waals surface area contributed by atoms with Crippen LogP contribution in [0.1, 0.15) is 21.6 Å². The maximum atomic E-state index is 12.6. The van der Waals surface area contributed by atoms with Gasteiger partial charge in [0.15, 0.2) is 5.13 Å². The number of aromatic nitrogens is 3. The number of anilines is 3. The number of hydrogen-bond acceptors (Lipinski definition) is 8. The number of carbonyl (C=O) groups excluding carboxylic acids is 1. The van der Waals surface area contributed by atoms with Crippen molar-refractivity contribution in [1.82, 2.24) is 15.0 Å². The highest BCUT2D eigenvalue weighted by Gasteiger charge is 2.21. The quantitative estimate of drug-likeness (QED) is 0.348. The standard InChI is InChI=1S/C24H22N6O3S2/c1-35(32,33)30-24-29-21(14-34-24)22(31)27-19-8-4-7-17(9-19)18-12-25-23(26-13-18)28-20-10-15-5-2-3-6-16(15)11-20/h2-9,12-14,20H,10-11H2,1H3,(H,27,31)(H,29,30)(H,25,26,28). The molecule has 178 valence electrons. The number of thiazole rings is 1. The highest BCUT2D eigenvalue weighted by Crippen LogP contribution is 2.25. The lowest BCUT2D eigenvalue weighted by molar-refractivity contribution is 0.102. The van der Waals surface area contributed by atoms with Crippen molar-refractivity contribution in [1.29, 1.82) is 0 Å². The fourth-order valence-electron chi connectivity index (χ4n) is 3.95. The van der Waals surface area contributed by atoms with E-state index < -0.39 is 15.9 Å². The van der Waals surface area contributed by atoms with Gasteiger partial charge in [-0.05, 0) is 41.7 Å². The van der Waals surface area contributed by atoms with Gasteiger partial charge in [-0.2, -0.15) is 0 Å². The first-order chi connectivity index (χ1) is 16.8. The van der Waals surface area contributed by atoms with E-state index in [2.05, 4.69) is 54.6 Å². The maximum Gasteiger partial charge on any atom is 0.275 e. The van der Waals surface area contributed by atoms with Crippen LogP contribution >= 0.6 is 11.3 Å². The molecule has 2 aromatic heterocycles. The van der Waals surface area contributed by atoms with Crippen LogP contribution in [0.15, 0.2) is 66.3 Å². The average molecular weight is 507 g/mol. The van der Waals surface area contributed by atoms with Crippen LogP contribution in [0.25, 0.3) is 11.1 Å². The van der Waals surface area contributed by atoms with Crippen LogP contribution in [-0.2, 0) is 22.9 Å². The van der Waals surface area contributed by atoms with Crippen LogP contribution in [-0.4, -0.2) is 41.6 Å². The number of fused-ring (bicyclic) bond motifs is 1. The summed E-state index contributed by atoms with van der Waals surface area (Å²) in [6.45, 7) is 0. The van der Waals surface area contributed by atoms with Gasteiger partial charge in [-0.15, -0.1) is 11.3 Å². The Morgan fingerprint density at radius 3 is 2.40 bits per heavy atom. The van der Waals surface area contributed by atoms with Gasteiger partial charge < -0.3 is 10.6 Å². The number of benzene rings is 2. The molecule has 2 heterocycles. The zero-order valence-electron chi connectivity index (χ0n) is 18.7. The fraction of sp³-hybridized carbons (Fsp3) is 0.167. The van der Waals surface area contributed by atoms with E-state index in [0.717, 1.165) is 41.6 Å². The number of rotatable bonds is 7. The van der Waals surface area contributed by atoms with Gasteiger partial charge in [0.25, 0.3) is 5.91 Å². The van der Waals surface area contributed by atoms with Gasteiger partial charge >= 0.3 is 0 Å². The van der Waals surface area contributed by atoms with E-state index in [1.807, 2.05) is 18.2 Å². The smallest absolute Gasteiger partial charge is 0.275 e. The molecule has 0 fully saturated rings. The number of nitrogens with one attached hydrogen (secondary N) is 3. The van der Waals surface area contributed by atoms with Gasteiger partial charge in [0.1, 0.15) is 5.69 Å². The third-order valence-corrected chi connectivity index (χ3v) is 6.95. The number of amides is 1. The van der Waals surface area contributed by atoms with Gasteiger partial charge in [-0.3, -0.25) is 9.52 Å². The van der Waals surface area contributed by atoms with Crippen LogP contribution in [0.4, 0.5) is 16.8 Å². The summed E-state index contributed by atoms with van der Waals surface area (Å²) in [5.74, 6) is 0.145. The second-order valence-electron chi connectivity index (χ2n) is 8.26. The normalized spacial score (nSPS) is 13.3. The van der Waals surface area contributed by atoms with E-state index in [4.69, 9.17) is 0 Å². The summed E-state index contributed by atoms with van der Waals surface area (Å²) in [7, 11) is -3.46. The molecule has 5 rings (SSSR count). The number of nitrogens with zero attached hydrogens (tertiary/aromatic N) is 3. The largest absolute Gasteiger partial charge is 0.351 e. The first-order valence-corrected chi connectivity index (χ1v) is 13.6. The SMILES string of the molecule is CS(=O)(=O)Nc1nc(C(=O)Nc2cccc(-c3cnc(NC4Cc5ccccc5C4)nc3)c2)cs1. The van der Waals surface area contributed by atoms with E-state index in [9.17, 15) is 13.2 Å². The number of sulfonamides is 1. The Bertz CT molecular complexity index is 1460.